The van der Waals surface area contributed by atoms with Crippen LogP contribution in [0, 0.1) is 5.92 Å². The normalized spacial score (nSPS) is 13.7. The van der Waals surface area contributed by atoms with Crippen LogP contribution in [0.5, 0.6) is 0 Å². The summed E-state index contributed by atoms with van der Waals surface area (Å²) in [4.78, 5) is 0. The SMILES string of the molecule is C[C@H](CC[O])CCCI. The molecular formula is C7H14IO. The lowest BCUT2D eigenvalue weighted by Crippen LogP contribution is -1.96. The van der Waals surface area contributed by atoms with Gasteiger partial charge in [-0.25, -0.2) is 5.11 Å². The highest BCUT2D eigenvalue weighted by molar-refractivity contribution is 14.1. The van der Waals surface area contributed by atoms with E-state index in [-0.39, 0.29) is 6.61 Å². The maximum absolute atomic E-state index is 10.1. The van der Waals surface area contributed by atoms with E-state index in [1.807, 2.05) is 0 Å². The minimum atomic E-state index is 0.0996. The van der Waals surface area contributed by atoms with E-state index in [2.05, 4.69) is 29.5 Å². The molecule has 0 fully saturated rings. The highest BCUT2D eigenvalue weighted by atomic mass is 127. The Bertz CT molecular complexity index is 56.9. The summed E-state index contributed by atoms with van der Waals surface area (Å²) in [5.74, 6) is 0.650. The van der Waals surface area contributed by atoms with Crippen LogP contribution in [-0.4, -0.2) is 11.0 Å². The molecule has 0 saturated carbocycles. The third-order valence-corrected chi connectivity index (χ3v) is 2.20. The van der Waals surface area contributed by atoms with Crippen LogP contribution in [0.1, 0.15) is 26.2 Å². The fourth-order valence-electron chi connectivity index (χ4n) is 0.771. The number of hydrogen-bond acceptors (Lipinski definition) is 0. The lowest BCUT2D eigenvalue weighted by molar-refractivity contribution is 0.171. The van der Waals surface area contributed by atoms with Crippen molar-refractivity contribution in [2.45, 2.75) is 26.2 Å². The van der Waals surface area contributed by atoms with Gasteiger partial charge in [0.05, 0.1) is 6.61 Å². The van der Waals surface area contributed by atoms with Crippen molar-refractivity contribution in [2.24, 2.45) is 5.92 Å². The van der Waals surface area contributed by atoms with Crippen molar-refractivity contribution in [1.29, 1.82) is 0 Å². The van der Waals surface area contributed by atoms with Gasteiger partial charge in [0.1, 0.15) is 0 Å². The Hall–Kier alpha value is 0.690. The summed E-state index contributed by atoms with van der Waals surface area (Å²) in [7, 11) is 0. The third kappa shape index (κ3) is 6.58. The van der Waals surface area contributed by atoms with Crippen molar-refractivity contribution >= 4 is 22.6 Å². The Labute approximate surface area is 71.0 Å². The second-order valence-corrected chi connectivity index (χ2v) is 3.51. The van der Waals surface area contributed by atoms with Gasteiger partial charge in [0.15, 0.2) is 0 Å². The van der Waals surface area contributed by atoms with E-state index in [1.54, 1.807) is 0 Å². The van der Waals surface area contributed by atoms with Gasteiger partial charge in [-0.3, -0.25) is 0 Å². The summed E-state index contributed by atoms with van der Waals surface area (Å²) >= 11 is 2.37. The maximum Gasteiger partial charge on any atom is 0.0824 e. The fraction of sp³-hybridized carbons (Fsp3) is 1.00. The third-order valence-electron chi connectivity index (χ3n) is 1.44. The van der Waals surface area contributed by atoms with E-state index in [9.17, 15) is 5.11 Å². The molecule has 1 atom stereocenters. The Morgan fingerprint density at radius 2 is 2.11 bits per heavy atom. The standard InChI is InChI=1S/C7H14IO/c1-7(4-6-9)3-2-5-8/h7H,2-6H2,1H3/t7-/m0/s1. The van der Waals surface area contributed by atoms with Crippen molar-refractivity contribution in [3.8, 4) is 0 Å². The van der Waals surface area contributed by atoms with Crippen LogP contribution in [0.4, 0.5) is 0 Å². The van der Waals surface area contributed by atoms with E-state index >= 15 is 0 Å². The zero-order valence-electron chi connectivity index (χ0n) is 5.90. The highest BCUT2D eigenvalue weighted by Crippen LogP contribution is 2.10. The Kier molecular flexibility index (Phi) is 7.33. The van der Waals surface area contributed by atoms with E-state index < -0.39 is 0 Å². The molecule has 0 bridgehead atoms. The van der Waals surface area contributed by atoms with Crippen LogP contribution in [0.2, 0.25) is 0 Å². The molecular weight excluding hydrogens is 227 g/mol. The van der Waals surface area contributed by atoms with E-state index in [0.29, 0.717) is 5.92 Å². The number of halogens is 1. The van der Waals surface area contributed by atoms with Crippen LogP contribution in [0.15, 0.2) is 0 Å². The molecule has 0 heterocycles. The summed E-state index contributed by atoms with van der Waals surface area (Å²) in [6.45, 7) is 2.26. The molecule has 0 spiro atoms. The first-order valence-electron chi connectivity index (χ1n) is 3.45. The summed E-state index contributed by atoms with van der Waals surface area (Å²) < 4.78 is 1.22. The van der Waals surface area contributed by atoms with Gasteiger partial charge in [-0.2, -0.15) is 0 Å². The molecule has 0 rings (SSSR count). The molecule has 0 aromatic heterocycles. The topological polar surface area (TPSA) is 19.9 Å². The largest absolute Gasteiger partial charge is 0.237 e. The lowest BCUT2D eigenvalue weighted by Gasteiger charge is -2.05. The van der Waals surface area contributed by atoms with E-state index in [1.165, 1.54) is 17.3 Å². The first-order valence-corrected chi connectivity index (χ1v) is 4.98. The van der Waals surface area contributed by atoms with Crippen molar-refractivity contribution < 1.29 is 5.11 Å². The zero-order valence-corrected chi connectivity index (χ0v) is 8.06. The average Bonchev–Trinajstić information content (AvgIpc) is 1.85. The first-order chi connectivity index (χ1) is 4.31. The Morgan fingerprint density at radius 1 is 1.44 bits per heavy atom. The average molecular weight is 241 g/mol. The second-order valence-electron chi connectivity index (χ2n) is 2.43. The molecule has 0 aliphatic rings. The zero-order chi connectivity index (χ0) is 7.11. The molecule has 2 heteroatoms. The first kappa shape index (κ1) is 9.69. The van der Waals surface area contributed by atoms with Crippen molar-refractivity contribution in [1.82, 2.24) is 0 Å². The molecule has 1 nitrogen and oxygen atoms in total. The van der Waals surface area contributed by atoms with Crippen LogP contribution in [0.25, 0.3) is 0 Å². The molecule has 0 amide bonds. The van der Waals surface area contributed by atoms with Gasteiger partial charge in [0, 0.05) is 0 Å². The van der Waals surface area contributed by atoms with Gasteiger partial charge in [-0.15, -0.1) is 0 Å². The quantitative estimate of drug-likeness (QED) is 0.521. The number of rotatable bonds is 5. The molecule has 0 aromatic rings. The predicted molar refractivity (Wildman–Crippen MR) is 47.5 cm³/mol. The monoisotopic (exact) mass is 241 g/mol. The Balaban J connectivity index is 2.95. The molecule has 0 aliphatic heterocycles. The number of alkyl halides is 1. The molecule has 0 aromatic carbocycles. The van der Waals surface area contributed by atoms with Crippen molar-refractivity contribution in [2.75, 3.05) is 11.0 Å². The second kappa shape index (κ2) is 6.81. The summed E-state index contributed by atoms with van der Waals surface area (Å²) in [5.41, 5.74) is 0. The summed E-state index contributed by atoms with van der Waals surface area (Å²) in [5, 5.41) is 10.1. The van der Waals surface area contributed by atoms with Crippen molar-refractivity contribution in [3.63, 3.8) is 0 Å². The lowest BCUT2D eigenvalue weighted by atomic mass is 10.0. The molecule has 0 aliphatic carbocycles. The molecule has 9 heavy (non-hydrogen) atoms. The Morgan fingerprint density at radius 3 is 2.56 bits per heavy atom. The van der Waals surface area contributed by atoms with Gasteiger partial charge in [0.2, 0.25) is 0 Å². The summed E-state index contributed by atoms with van der Waals surface area (Å²) in [6.07, 6.45) is 3.35. The van der Waals surface area contributed by atoms with Crippen LogP contribution in [-0.2, 0) is 5.11 Å². The minimum absolute atomic E-state index is 0.0996. The smallest absolute Gasteiger partial charge is 0.0824 e. The minimum Gasteiger partial charge on any atom is -0.237 e. The summed E-state index contributed by atoms with van der Waals surface area (Å²) in [6, 6.07) is 0. The van der Waals surface area contributed by atoms with E-state index in [4.69, 9.17) is 0 Å². The molecule has 0 unspecified atom stereocenters. The van der Waals surface area contributed by atoms with Gasteiger partial charge in [-0.1, -0.05) is 29.5 Å². The van der Waals surface area contributed by atoms with E-state index in [0.717, 1.165) is 6.42 Å². The molecule has 0 N–H and O–H groups in total. The van der Waals surface area contributed by atoms with Crippen molar-refractivity contribution in [3.05, 3.63) is 0 Å². The molecule has 0 saturated heterocycles. The van der Waals surface area contributed by atoms with Gasteiger partial charge in [0.25, 0.3) is 0 Å². The van der Waals surface area contributed by atoms with Crippen LogP contribution in [0.3, 0.4) is 0 Å². The highest BCUT2D eigenvalue weighted by Gasteiger charge is 1.99. The molecule has 55 valence electrons. The van der Waals surface area contributed by atoms with Crippen LogP contribution < -0.4 is 0 Å². The van der Waals surface area contributed by atoms with Gasteiger partial charge in [-0.05, 0) is 29.6 Å². The van der Waals surface area contributed by atoms with Gasteiger partial charge >= 0.3 is 0 Å². The predicted octanol–water partition coefficient (Wildman–Crippen LogP) is 2.66. The van der Waals surface area contributed by atoms with Crippen LogP contribution >= 0.6 is 22.6 Å². The molecule has 1 radical (unpaired) electrons. The van der Waals surface area contributed by atoms with Gasteiger partial charge < -0.3 is 0 Å². The maximum atomic E-state index is 10.1. The fourth-order valence-corrected chi connectivity index (χ4v) is 1.21. The number of hydrogen-bond donors (Lipinski definition) is 0.